The Morgan fingerprint density at radius 3 is 2.90 bits per heavy atom. The third-order valence-corrected chi connectivity index (χ3v) is 3.05. The molecular formula is C14H15Cl2N3O. The van der Waals surface area contributed by atoms with Gasteiger partial charge in [0.15, 0.2) is 0 Å². The number of nitrogens with zero attached hydrogens (tertiary/aromatic N) is 2. The second-order valence-electron chi connectivity index (χ2n) is 4.20. The first-order chi connectivity index (χ1) is 9.69. The van der Waals surface area contributed by atoms with Crippen LogP contribution in [0.2, 0.25) is 10.0 Å². The van der Waals surface area contributed by atoms with Crippen LogP contribution in [0.25, 0.3) is 0 Å². The Labute approximate surface area is 128 Å². The van der Waals surface area contributed by atoms with E-state index < -0.39 is 0 Å². The minimum Gasteiger partial charge on any atom is -0.436 e. The molecule has 0 aliphatic heterocycles. The van der Waals surface area contributed by atoms with E-state index in [2.05, 4.69) is 22.2 Å². The smallest absolute Gasteiger partial charge is 0.238 e. The standard InChI is InChI=1S/C14H15Cl2N3O/c1-2-5-17-7-11-8-18-9-14(19-11)20-13-6-10(15)3-4-12(13)16/h3-4,6,8-9,17H,2,5,7H2,1H3. The number of nitrogens with one attached hydrogen (secondary N) is 1. The third-order valence-electron chi connectivity index (χ3n) is 2.50. The molecule has 6 heteroatoms. The van der Waals surface area contributed by atoms with Crippen molar-refractivity contribution in [1.82, 2.24) is 15.3 Å². The molecule has 2 aromatic rings. The normalized spacial score (nSPS) is 10.6. The highest BCUT2D eigenvalue weighted by Crippen LogP contribution is 2.30. The first-order valence-corrected chi connectivity index (χ1v) is 7.09. The second-order valence-corrected chi connectivity index (χ2v) is 5.05. The van der Waals surface area contributed by atoms with Crippen LogP contribution >= 0.6 is 23.2 Å². The third kappa shape index (κ3) is 4.34. The molecule has 0 aliphatic rings. The Kier molecular flexibility index (Phi) is 5.59. The number of aromatic nitrogens is 2. The quantitative estimate of drug-likeness (QED) is 0.817. The second kappa shape index (κ2) is 7.43. The van der Waals surface area contributed by atoms with Crippen LogP contribution in [0.4, 0.5) is 0 Å². The molecule has 1 N–H and O–H groups in total. The maximum absolute atomic E-state index is 6.04. The highest BCUT2D eigenvalue weighted by atomic mass is 35.5. The van der Waals surface area contributed by atoms with Crippen LogP contribution in [-0.2, 0) is 6.54 Å². The minimum absolute atomic E-state index is 0.393. The number of hydrogen-bond donors (Lipinski definition) is 1. The van der Waals surface area contributed by atoms with Gasteiger partial charge < -0.3 is 10.1 Å². The van der Waals surface area contributed by atoms with Gasteiger partial charge in [-0.1, -0.05) is 30.1 Å². The fourth-order valence-electron chi connectivity index (χ4n) is 1.58. The first-order valence-electron chi connectivity index (χ1n) is 6.33. The predicted octanol–water partition coefficient (Wildman–Crippen LogP) is 4.08. The number of hydrogen-bond acceptors (Lipinski definition) is 4. The molecule has 0 amide bonds. The molecule has 0 radical (unpaired) electrons. The molecule has 0 atom stereocenters. The van der Waals surface area contributed by atoms with Gasteiger partial charge in [-0.3, -0.25) is 4.98 Å². The van der Waals surface area contributed by atoms with Crippen molar-refractivity contribution >= 4 is 23.2 Å². The Morgan fingerprint density at radius 1 is 1.25 bits per heavy atom. The summed E-state index contributed by atoms with van der Waals surface area (Å²) in [7, 11) is 0. The lowest BCUT2D eigenvalue weighted by Crippen LogP contribution is -2.15. The first kappa shape index (κ1) is 15.0. The van der Waals surface area contributed by atoms with E-state index in [0.29, 0.717) is 28.2 Å². The van der Waals surface area contributed by atoms with Gasteiger partial charge in [0.2, 0.25) is 5.88 Å². The molecule has 0 fully saturated rings. The van der Waals surface area contributed by atoms with Crippen molar-refractivity contribution in [3.05, 3.63) is 46.3 Å². The molecular weight excluding hydrogens is 297 g/mol. The highest BCUT2D eigenvalue weighted by molar-refractivity contribution is 6.34. The number of ether oxygens (including phenoxy) is 1. The van der Waals surface area contributed by atoms with Crippen molar-refractivity contribution in [3.63, 3.8) is 0 Å². The summed E-state index contributed by atoms with van der Waals surface area (Å²) in [5.41, 5.74) is 0.814. The minimum atomic E-state index is 0.393. The molecule has 0 unspecified atom stereocenters. The van der Waals surface area contributed by atoms with Gasteiger partial charge in [-0.15, -0.1) is 0 Å². The summed E-state index contributed by atoms with van der Waals surface area (Å²) in [5, 5.41) is 4.29. The maximum Gasteiger partial charge on any atom is 0.238 e. The van der Waals surface area contributed by atoms with Crippen LogP contribution in [0, 0.1) is 0 Å². The zero-order valence-electron chi connectivity index (χ0n) is 11.1. The summed E-state index contributed by atoms with van der Waals surface area (Å²) >= 11 is 12.0. The molecule has 20 heavy (non-hydrogen) atoms. The summed E-state index contributed by atoms with van der Waals surface area (Å²) < 4.78 is 5.62. The molecule has 1 aromatic carbocycles. The van der Waals surface area contributed by atoms with Crippen molar-refractivity contribution < 1.29 is 4.74 Å². The van der Waals surface area contributed by atoms with E-state index in [0.717, 1.165) is 18.7 Å². The van der Waals surface area contributed by atoms with Crippen LogP contribution < -0.4 is 10.1 Å². The van der Waals surface area contributed by atoms with Crippen molar-refractivity contribution in [3.8, 4) is 11.6 Å². The Bertz CT molecular complexity index is 578. The summed E-state index contributed by atoms with van der Waals surface area (Å²) in [5.74, 6) is 0.858. The molecule has 0 bridgehead atoms. The molecule has 0 saturated carbocycles. The zero-order chi connectivity index (χ0) is 14.4. The monoisotopic (exact) mass is 311 g/mol. The van der Waals surface area contributed by atoms with Crippen LogP contribution in [-0.4, -0.2) is 16.5 Å². The van der Waals surface area contributed by atoms with Crippen LogP contribution in [0.15, 0.2) is 30.6 Å². The van der Waals surface area contributed by atoms with E-state index in [1.807, 2.05) is 0 Å². The van der Waals surface area contributed by atoms with Crippen molar-refractivity contribution in [1.29, 1.82) is 0 Å². The average molecular weight is 312 g/mol. The lowest BCUT2D eigenvalue weighted by Gasteiger charge is -2.08. The van der Waals surface area contributed by atoms with Gasteiger partial charge in [-0.25, -0.2) is 4.98 Å². The van der Waals surface area contributed by atoms with E-state index in [-0.39, 0.29) is 0 Å². The SMILES string of the molecule is CCCNCc1cncc(Oc2cc(Cl)ccc2Cl)n1. The number of halogens is 2. The lowest BCUT2D eigenvalue weighted by atomic mass is 10.3. The number of rotatable bonds is 6. The van der Waals surface area contributed by atoms with Crippen molar-refractivity contribution in [2.24, 2.45) is 0 Å². The van der Waals surface area contributed by atoms with Gasteiger partial charge in [0.1, 0.15) is 5.75 Å². The molecule has 1 heterocycles. The van der Waals surface area contributed by atoms with E-state index in [4.69, 9.17) is 27.9 Å². The van der Waals surface area contributed by atoms with E-state index in [1.54, 1.807) is 30.6 Å². The summed E-state index contributed by atoms with van der Waals surface area (Å²) in [6, 6.07) is 5.03. The molecule has 2 rings (SSSR count). The molecule has 1 aromatic heterocycles. The largest absolute Gasteiger partial charge is 0.436 e. The van der Waals surface area contributed by atoms with Gasteiger partial charge in [0.05, 0.1) is 16.9 Å². The molecule has 4 nitrogen and oxygen atoms in total. The van der Waals surface area contributed by atoms with Gasteiger partial charge in [0, 0.05) is 23.8 Å². The Hall–Kier alpha value is -1.36. The Balaban J connectivity index is 2.09. The molecule has 0 aliphatic carbocycles. The zero-order valence-corrected chi connectivity index (χ0v) is 12.6. The van der Waals surface area contributed by atoms with Crippen molar-refractivity contribution in [2.45, 2.75) is 19.9 Å². The van der Waals surface area contributed by atoms with E-state index in [1.165, 1.54) is 0 Å². The van der Waals surface area contributed by atoms with E-state index >= 15 is 0 Å². The Morgan fingerprint density at radius 2 is 2.10 bits per heavy atom. The fourth-order valence-corrected chi connectivity index (χ4v) is 1.90. The molecule has 0 spiro atoms. The summed E-state index contributed by atoms with van der Waals surface area (Å²) in [4.78, 5) is 8.47. The van der Waals surface area contributed by atoms with E-state index in [9.17, 15) is 0 Å². The highest BCUT2D eigenvalue weighted by Gasteiger charge is 2.06. The van der Waals surface area contributed by atoms with Gasteiger partial charge in [0.25, 0.3) is 0 Å². The molecule has 0 saturated heterocycles. The predicted molar refractivity (Wildman–Crippen MR) is 80.6 cm³/mol. The van der Waals surface area contributed by atoms with Crippen LogP contribution in [0.3, 0.4) is 0 Å². The van der Waals surface area contributed by atoms with Gasteiger partial charge in [-0.05, 0) is 25.1 Å². The van der Waals surface area contributed by atoms with Gasteiger partial charge in [-0.2, -0.15) is 0 Å². The topological polar surface area (TPSA) is 47.0 Å². The van der Waals surface area contributed by atoms with Crippen LogP contribution in [0.1, 0.15) is 19.0 Å². The van der Waals surface area contributed by atoms with Crippen molar-refractivity contribution in [2.75, 3.05) is 6.54 Å². The lowest BCUT2D eigenvalue weighted by molar-refractivity contribution is 0.456. The average Bonchev–Trinajstić information content (AvgIpc) is 2.44. The fraction of sp³-hybridized carbons (Fsp3) is 0.286. The van der Waals surface area contributed by atoms with Crippen LogP contribution in [0.5, 0.6) is 11.6 Å². The van der Waals surface area contributed by atoms with Gasteiger partial charge >= 0.3 is 0 Å². The summed E-state index contributed by atoms with van der Waals surface area (Å²) in [6.07, 6.45) is 4.32. The maximum atomic E-state index is 6.04. The number of benzene rings is 1. The summed E-state index contributed by atoms with van der Waals surface area (Å²) in [6.45, 7) is 3.70. The molecule has 106 valence electrons.